The Morgan fingerprint density at radius 2 is 2.32 bits per heavy atom. The zero-order chi connectivity index (χ0) is 15.4. The van der Waals surface area contributed by atoms with E-state index in [1.54, 1.807) is 11.3 Å². The highest BCUT2D eigenvalue weighted by Gasteiger charge is 2.42. The minimum absolute atomic E-state index is 0.00351. The van der Waals surface area contributed by atoms with E-state index in [2.05, 4.69) is 29.8 Å². The van der Waals surface area contributed by atoms with Crippen molar-refractivity contribution in [3.63, 3.8) is 0 Å². The number of nitrogens with one attached hydrogen (secondary N) is 1. The van der Waals surface area contributed by atoms with Gasteiger partial charge >= 0.3 is 6.03 Å². The average Bonchev–Trinajstić information content (AvgIpc) is 3.17. The summed E-state index contributed by atoms with van der Waals surface area (Å²) in [5.74, 6) is -0.113. The zero-order valence-electron chi connectivity index (χ0n) is 13.0. The molecule has 2 fully saturated rings. The lowest BCUT2D eigenvalue weighted by atomic mass is 10.0. The normalized spacial score (nSPS) is 22.0. The van der Waals surface area contributed by atoms with E-state index >= 15 is 0 Å². The summed E-state index contributed by atoms with van der Waals surface area (Å²) in [4.78, 5) is 15.5. The van der Waals surface area contributed by atoms with E-state index < -0.39 is 5.79 Å². The number of amides is 2. The summed E-state index contributed by atoms with van der Waals surface area (Å²) in [7, 11) is 0. The van der Waals surface area contributed by atoms with Crippen LogP contribution in [0.15, 0.2) is 17.5 Å². The van der Waals surface area contributed by atoms with E-state index in [9.17, 15) is 4.79 Å². The fourth-order valence-corrected chi connectivity index (χ4v) is 3.98. The van der Waals surface area contributed by atoms with Gasteiger partial charge in [0, 0.05) is 24.4 Å². The van der Waals surface area contributed by atoms with Gasteiger partial charge in [0.05, 0.1) is 19.8 Å². The first-order valence-corrected chi connectivity index (χ1v) is 8.88. The summed E-state index contributed by atoms with van der Waals surface area (Å²) in [6, 6.07) is 4.21. The van der Waals surface area contributed by atoms with Gasteiger partial charge in [-0.15, -0.1) is 11.3 Å². The number of carbonyl (C=O) groups excluding carboxylic acids is 1. The van der Waals surface area contributed by atoms with E-state index in [0.717, 1.165) is 25.8 Å². The lowest BCUT2D eigenvalue weighted by molar-refractivity contribution is -0.182. The molecule has 2 amide bonds. The van der Waals surface area contributed by atoms with Gasteiger partial charge in [0.2, 0.25) is 0 Å². The standard InChI is InChI=1S/C16H24N2O3S/c1-13(10-14-4-2-9-22-14)11-17-15(19)18-6-3-5-16(12-18)20-7-8-21-16/h2,4,9,13H,3,5-8,10-12H2,1H3,(H,17,19)/t13-/m0/s1. The Morgan fingerprint density at radius 3 is 3.05 bits per heavy atom. The molecule has 2 aliphatic heterocycles. The van der Waals surface area contributed by atoms with Crippen LogP contribution in [0.25, 0.3) is 0 Å². The fraction of sp³-hybridized carbons (Fsp3) is 0.688. The van der Waals surface area contributed by atoms with Crippen molar-refractivity contribution in [2.45, 2.75) is 32.0 Å². The van der Waals surface area contributed by atoms with Gasteiger partial charge in [-0.25, -0.2) is 4.79 Å². The SMILES string of the molecule is C[C@H](CNC(=O)N1CCCC2(C1)OCCO2)Cc1cccs1. The first-order valence-electron chi connectivity index (χ1n) is 8.00. The van der Waals surface area contributed by atoms with Crippen LogP contribution in [0, 0.1) is 5.92 Å². The van der Waals surface area contributed by atoms with Crippen LogP contribution in [0.1, 0.15) is 24.6 Å². The van der Waals surface area contributed by atoms with Crippen LogP contribution in [0.2, 0.25) is 0 Å². The van der Waals surface area contributed by atoms with Crippen molar-refractivity contribution in [1.82, 2.24) is 10.2 Å². The molecule has 1 aromatic rings. The molecular weight excluding hydrogens is 300 g/mol. The molecule has 0 aromatic carbocycles. The maximum Gasteiger partial charge on any atom is 0.317 e. The first-order chi connectivity index (χ1) is 10.7. The van der Waals surface area contributed by atoms with E-state index in [0.29, 0.717) is 32.2 Å². The smallest absolute Gasteiger partial charge is 0.317 e. The molecule has 2 saturated heterocycles. The predicted molar refractivity (Wildman–Crippen MR) is 86.0 cm³/mol. The lowest BCUT2D eigenvalue weighted by Crippen LogP contribution is -2.54. The Balaban J connectivity index is 1.45. The summed E-state index contributed by atoms with van der Waals surface area (Å²) < 4.78 is 11.4. The second-order valence-electron chi connectivity index (χ2n) is 6.21. The highest BCUT2D eigenvalue weighted by molar-refractivity contribution is 7.09. The number of thiophene rings is 1. The minimum atomic E-state index is -0.543. The summed E-state index contributed by atoms with van der Waals surface area (Å²) >= 11 is 1.77. The number of nitrogens with zero attached hydrogens (tertiary/aromatic N) is 1. The lowest BCUT2D eigenvalue weighted by Gasteiger charge is -2.38. The number of piperidine rings is 1. The predicted octanol–water partition coefficient (Wildman–Crippen LogP) is 2.48. The Labute approximate surface area is 135 Å². The van der Waals surface area contributed by atoms with Gasteiger partial charge in [-0.05, 0) is 30.2 Å². The number of likely N-dealkylation sites (tertiary alicyclic amines) is 1. The number of rotatable bonds is 4. The van der Waals surface area contributed by atoms with Crippen LogP contribution >= 0.6 is 11.3 Å². The second kappa shape index (κ2) is 6.98. The van der Waals surface area contributed by atoms with E-state index in [-0.39, 0.29) is 6.03 Å². The van der Waals surface area contributed by atoms with Crippen LogP contribution < -0.4 is 5.32 Å². The Morgan fingerprint density at radius 1 is 1.50 bits per heavy atom. The molecule has 5 nitrogen and oxygen atoms in total. The van der Waals surface area contributed by atoms with Crippen LogP contribution in [0.5, 0.6) is 0 Å². The van der Waals surface area contributed by atoms with Crippen molar-refractivity contribution in [2.24, 2.45) is 5.92 Å². The minimum Gasteiger partial charge on any atom is -0.346 e. The maximum atomic E-state index is 12.4. The largest absolute Gasteiger partial charge is 0.346 e. The molecule has 1 atom stereocenters. The fourth-order valence-electron chi connectivity index (χ4n) is 3.11. The molecule has 0 radical (unpaired) electrons. The third-order valence-corrected chi connectivity index (χ3v) is 5.15. The van der Waals surface area contributed by atoms with Gasteiger partial charge in [0.1, 0.15) is 0 Å². The first kappa shape index (κ1) is 15.8. The molecule has 0 aliphatic carbocycles. The molecule has 3 rings (SSSR count). The van der Waals surface area contributed by atoms with Crippen molar-refractivity contribution >= 4 is 17.4 Å². The van der Waals surface area contributed by atoms with Crippen LogP contribution in [0.4, 0.5) is 4.79 Å². The van der Waals surface area contributed by atoms with Crippen LogP contribution in [-0.2, 0) is 15.9 Å². The summed E-state index contributed by atoms with van der Waals surface area (Å²) in [5.41, 5.74) is 0. The van der Waals surface area contributed by atoms with Gasteiger partial charge in [0.15, 0.2) is 5.79 Å². The molecule has 22 heavy (non-hydrogen) atoms. The van der Waals surface area contributed by atoms with Gasteiger partial charge < -0.3 is 19.7 Å². The quantitative estimate of drug-likeness (QED) is 0.926. The number of hydrogen-bond donors (Lipinski definition) is 1. The van der Waals surface area contributed by atoms with Crippen molar-refractivity contribution in [2.75, 3.05) is 32.8 Å². The molecule has 122 valence electrons. The Kier molecular flexibility index (Phi) is 5.00. The molecule has 0 saturated carbocycles. The van der Waals surface area contributed by atoms with Gasteiger partial charge in [-0.2, -0.15) is 0 Å². The molecular formula is C16H24N2O3S. The maximum absolute atomic E-state index is 12.4. The number of hydrogen-bond acceptors (Lipinski definition) is 4. The molecule has 3 heterocycles. The van der Waals surface area contributed by atoms with Crippen LogP contribution in [0.3, 0.4) is 0 Å². The van der Waals surface area contributed by atoms with Gasteiger partial charge in [0.25, 0.3) is 0 Å². The van der Waals surface area contributed by atoms with E-state index in [1.165, 1.54) is 4.88 Å². The van der Waals surface area contributed by atoms with E-state index in [4.69, 9.17) is 9.47 Å². The Bertz CT molecular complexity index is 486. The van der Waals surface area contributed by atoms with Gasteiger partial charge in [-0.1, -0.05) is 13.0 Å². The van der Waals surface area contributed by atoms with Crippen molar-refractivity contribution < 1.29 is 14.3 Å². The number of ether oxygens (including phenoxy) is 2. The third kappa shape index (κ3) is 3.80. The Hall–Kier alpha value is -1.11. The monoisotopic (exact) mass is 324 g/mol. The number of carbonyl (C=O) groups is 1. The van der Waals surface area contributed by atoms with Gasteiger partial charge in [-0.3, -0.25) is 0 Å². The number of urea groups is 1. The molecule has 1 spiro atoms. The highest BCUT2D eigenvalue weighted by atomic mass is 32.1. The molecule has 1 N–H and O–H groups in total. The van der Waals surface area contributed by atoms with Crippen molar-refractivity contribution in [1.29, 1.82) is 0 Å². The average molecular weight is 324 g/mol. The second-order valence-corrected chi connectivity index (χ2v) is 7.24. The zero-order valence-corrected chi connectivity index (χ0v) is 13.9. The summed E-state index contributed by atoms with van der Waals surface area (Å²) in [5, 5.41) is 5.14. The summed E-state index contributed by atoms with van der Waals surface area (Å²) in [6.07, 6.45) is 2.82. The van der Waals surface area contributed by atoms with Crippen molar-refractivity contribution in [3.05, 3.63) is 22.4 Å². The highest BCUT2D eigenvalue weighted by Crippen LogP contribution is 2.30. The molecule has 1 aromatic heterocycles. The molecule has 0 bridgehead atoms. The van der Waals surface area contributed by atoms with Crippen LogP contribution in [-0.4, -0.2) is 49.6 Å². The molecule has 0 unspecified atom stereocenters. The van der Waals surface area contributed by atoms with Crippen molar-refractivity contribution in [3.8, 4) is 0 Å². The third-order valence-electron chi connectivity index (χ3n) is 4.25. The topological polar surface area (TPSA) is 50.8 Å². The summed E-state index contributed by atoms with van der Waals surface area (Å²) in [6.45, 7) is 5.45. The molecule has 2 aliphatic rings. The molecule has 6 heteroatoms. The van der Waals surface area contributed by atoms with E-state index in [1.807, 2.05) is 4.90 Å².